The fraction of sp³-hybridized carbons (Fsp3) is 0.235. The molecule has 0 saturated heterocycles. The number of halogens is 3. The van der Waals surface area contributed by atoms with Gasteiger partial charge in [-0.25, -0.2) is 15.0 Å². The fourth-order valence-electron chi connectivity index (χ4n) is 3.09. The first-order valence-corrected chi connectivity index (χ1v) is 7.55. The van der Waals surface area contributed by atoms with Crippen molar-refractivity contribution in [3.8, 4) is 0 Å². The van der Waals surface area contributed by atoms with Crippen LogP contribution in [0, 0.1) is 0 Å². The Hall–Kier alpha value is -2.70. The standard InChI is InChI=1S/C17H13F3N4/c18-17(19,20)14-7-13-15(22-9-23-16(13)24-14)21-8-11-6-5-10-3-1-2-4-12(10)11/h1-4,7-9,11H,5-6H2,(H,22,23,24)/b21-8-. The zero-order valence-corrected chi connectivity index (χ0v) is 12.5. The van der Waals surface area contributed by atoms with E-state index in [4.69, 9.17) is 0 Å². The lowest BCUT2D eigenvalue weighted by Gasteiger charge is -2.04. The molecule has 24 heavy (non-hydrogen) atoms. The van der Waals surface area contributed by atoms with Crippen molar-refractivity contribution >= 4 is 23.1 Å². The van der Waals surface area contributed by atoms with E-state index in [1.54, 1.807) is 6.21 Å². The molecule has 0 spiro atoms. The van der Waals surface area contributed by atoms with E-state index in [0.29, 0.717) is 0 Å². The largest absolute Gasteiger partial charge is 0.431 e. The third kappa shape index (κ3) is 2.55. The monoisotopic (exact) mass is 330 g/mol. The van der Waals surface area contributed by atoms with Crippen LogP contribution in [0.2, 0.25) is 0 Å². The molecule has 1 aliphatic carbocycles. The number of nitrogens with zero attached hydrogens (tertiary/aromatic N) is 3. The average Bonchev–Trinajstić information content (AvgIpc) is 3.17. The van der Waals surface area contributed by atoms with Crippen LogP contribution < -0.4 is 0 Å². The molecule has 2 aromatic heterocycles. The van der Waals surface area contributed by atoms with Crippen molar-refractivity contribution in [3.05, 3.63) is 53.5 Å². The van der Waals surface area contributed by atoms with Crippen LogP contribution in [0.15, 0.2) is 41.7 Å². The molecule has 0 radical (unpaired) electrons. The second-order valence-corrected chi connectivity index (χ2v) is 5.76. The summed E-state index contributed by atoms with van der Waals surface area (Å²) in [6, 6.07) is 9.14. The van der Waals surface area contributed by atoms with Gasteiger partial charge in [0.05, 0.1) is 5.39 Å². The van der Waals surface area contributed by atoms with Crippen molar-refractivity contribution in [1.82, 2.24) is 15.0 Å². The Morgan fingerprint density at radius 2 is 2.04 bits per heavy atom. The maximum atomic E-state index is 12.8. The van der Waals surface area contributed by atoms with Gasteiger partial charge < -0.3 is 4.98 Å². The molecular weight excluding hydrogens is 317 g/mol. The highest BCUT2D eigenvalue weighted by Gasteiger charge is 2.33. The minimum atomic E-state index is -4.45. The number of benzene rings is 1. The Morgan fingerprint density at radius 1 is 1.21 bits per heavy atom. The van der Waals surface area contributed by atoms with E-state index >= 15 is 0 Å². The molecule has 0 aliphatic heterocycles. The van der Waals surface area contributed by atoms with Crippen molar-refractivity contribution in [1.29, 1.82) is 0 Å². The van der Waals surface area contributed by atoms with Gasteiger partial charge in [0, 0.05) is 12.1 Å². The zero-order chi connectivity index (χ0) is 16.7. The van der Waals surface area contributed by atoms with E-state index in [-0.39, 0.29) is 22.8 Å². The molecule has 4 nitrogen and oxygen atoms in total. The number of rotatable bonds is 2. The molecule has 1 aliphatic rings. The summed E-state index contributed by atoms with van der Waals surface area (Å²) in [6.07, 6.45) is 0.459. The van der Waals surface area contributed by atoms with Crippen LogP contribution in [0.25, 0.3) is 11.0 Å². The van der Waals surface area contributed by atoms with Gasteiger partial charge in [0.2, 0.25) is 0 Å². The van der Waals surface area contributed by atoms with Gasteiger partial charge in [-0.1, -0.05) is 24.3 Å². The number of hydrogen-bond acceptors (Lipinski definition) is 3. The summed E-state index contributed by atoms with van der Waals surface area (Å²) in [7, 11) is 0. The minimum Gasteiger partial charge on any atom is -0.336 e. The summed E-state index contributed by atoms with van der Waals surface area (Å²) in [6.45, 7) is 0. The number of H-pyrrole nitrogens is 1. The van der Waals surface area contributed by atoms with Crippen LogP contribution in [0.5, 0.6) is 0 Å². The zero-order valence-electron chi connectivity index (χ0n) is 12.5. The van der Waals surface area contributed by atoms with Gasteiger partial charge in [-0.3, -0.25) is 0 Å². The summed E-state index contributed by atoms with van der Waals surface area (Å²) < 4.78 is 38.5. The summed E-state index contributed by atoms with van der Waals surface area (Å²) >= 11 is 0. The first-order chi connectivity index (χ1) is 11.5. The predicted molar refractivity (Wildman–Crippen MR) is 84.5 cm³/mol. The minimum absolute atomic E-state index is 0.135. The Morgan fingerprint density at radius 3 is 2.88 bits per heavy atom. The number of alkyl halides is 3. The Bertz CT molecular complexity index is 927. The number of nitrogens with one attached hydrogen (secondary N) is 1. The van der Waals surface area contributed by atoms with Crippen LogP contribution in [0.1, 0.15) is 29.2 Å². The highest BCUT2D eigenvalue weighted by Crippen LogP contribution is 2.34. The van der Waals surface area contributed by atoms with Crippen LogP contribution in [0.4, 0.5) is 19.0 Å². The van der Waals surface area contributed by atoms with E-state index in [0.717, 1.165) is 18.9 Å². The Kier molecular flexibility index (Phi) is 3.37. The second kappa shape index (κ2) is 5.43. The normalized spacial score (nSPS) is 17.7. The van der Waals surface area contributed by atoms with E-state index in [2.05, 4.69) is 32.1 Å². The van der Waals surface area contributed by atoms with Crippen molar-refractivity contribution in [3.63, 3.8) is 0 Å². The molecule has 1 unspecified atom stereocenters. The first kappa shape index (κ1) is 14.9. The lowest BCUT2D eigenvalue weighted by Crippen LogP contribution is -2.04. The average molecular weight is 330 g/mol. The second-order valence-electron chi connectivity index (χ2n) is 5.76. The fourth-order valence-corrected chi connectivity index (χ4v) is 3.09. The summed E-state index contributed by atoms with van der Waals surface area (Å²) in [5.74, 6) is 0.406. The third-order valence-corrected chi connectivity index (χ3v) is 4.27. The molecule has 7 heteroatoms. The maximum Gasteiger partial charge on any atom is 0.431 e. The van der Waals surface area contributed by atoms with Gasteiger partial charge in [-0.05, 0) is 30.0 Å². The van der Waals surface area contributed by atoms with Crippen molar-refractivity contribution in [2.75, 3.05) is 0 Å². The van der Waals surface area contributed by atoms with Crippen molar-refractivity contribution < 1.29 is 13.2 Å². The molecule has 0 fully saturated rings. The van der Waals surface area contributed by atoms with Crippen molar-refractivity contribution in [2.45, 2.75) is 24.9 Å². The molecule has 1 N–H and O–H groups in total. The van der Waals surface area contributed by atoms with E-state index in [9.17, 15) is 13.2 Å². The SMILES string of the molecule is FC(F)(F)c1cc2c(/N=C\C3CCc4ccccc43)ncnc2[nH]1. The smallest absolute Gasteiger partial charge is 0.336 e. The molecule has 1 aromatic carbocycles. The molecule has 4 rings (SSSR count). The topological polar surface area (TPSA) is 53.9 Å². The van der Waals surface area contributed by atoms with E-state index in [1.807, 2.05) is 12.1 Å². The maximum absolute atomic E-state index is 12.8. The Balaban J connectivity index is 1.69. The van der Waals surface area contributed by atoms with Gasteiger partial charge in [-0.15, -0.1) is 0 Å². The Labute approximate surface area is 135 Å². The van der Waals surface area contributed by atoms with Gasteiger partial charge in [0.15, 0.2) is 5.82 Å². The highest BCUT2D eigenvalue weighted by atomic mass is 19.4. The molecular formula is C17H13F3N4. The van der Waals surface area contributed by atoms with Gasteiger partial charge in [0.25, 0.3) is 0 Å². The van der Waals surface area contributed by atoms with Crippen LogP contribution in [-0.2, 0) is 12.6 Å². The predicted octanol–water partition coefficient (Wildman–Crippen LogP) is 4.41. The molecule has 0 saturated carbocycles. The molecule has 0 amide bonds. The number of aromatic nitrogens is 3. The van der Waals surface area contributed by atoms with Crippen molar-refractivity contribution in [2.24, 2.45) is 4.99 Å². The molecule has 1 atom stereocenters. The third-order valence-electron chi connectivity index (χ3n) is 4.27. The van der Waals surface area contributed by atoms with Crippen LogP contribution in [0.3, 0.4) is 0 Å². The highest BCUT2D eigenvalue weighted by molar-refractivity contribution is 5.88. The summed E-state index contributed by atoms with van der Waals surface area (Å²) in [5.41, 5.74) is 1.80. The molecule has 2 heterocycles. The van der Waals surface area contributed by atoms with Crippen LogP contribution in [-0.4, -0.2) is 21.2 Å². The quantitative estimate of drug-likeness (QED) is 0.708. The number of hydrogen-bond donors (Lipinski definition) is 1. The molecule has 0 bridgehead atoms. The number of aromatic amines is 1. The van der Waals surface area contributed by atoms with Gasteiger partial charge in [-0.2, -0.15) is 13.2 Å². The number of aliphatic imine (C=N–C) groups is 1. The molecule has 3 aromatic rings. The lowest BCUT2D eigenvalue weighted by atomic mass is 10.0. The number of aryl methyl sites for hydroxylation is 1. The lowest BCUT2D eigenvalue weighted by molar-refractivity contribution is -0.140. The summed E-state index contributed by atoms with van der Waals surface area (Å²) in [5, 5.41) is 0.271. The van der Waals surface area contributed by atoms with Gasteiger partial charge >= 0.3 is 6.18 Å². The molecule has 122 valence electrons. The van der Waals surface area contributed by atoms with E-state index < -0.39 is 11.9 Å². The van der Waals surface area contributed by atoms with Gasteiger partial charge in [0.1, 0.15) is 17.7 Å². The van der Waals surface area contributed by atoms with E-state index in [1.165, 1.54) is 17.5 Å². The first-order valence-electron chi connectivity index (χ1n) is 7.55. The van der Waals surface area contributed by atoms with Crippen LogP contribution >= 0.6 is 0 Å². The number of fused-ring (bicyclic) bond motifs is 2. The summed E-state index contributed by atoms with van der Waals surface area (Å²) in [4.78, 5) is 14.5.